The number of esters is 1. The highest BCUT2D eigenvalue weighted by atomic mass is 16.6. The van der Waals surface area contributed by atoms with E-state index in [1.807, 2.05) is 0 Å². The maximum absolute atomic E-state index is 10.5. The molecule has 0 aromatic heterocycles. The molecule has 1 heterocycles. The molecule has 1 fully saturated rings. The van der Waals surface area contributed by atoms with E-state index in [1.54, 1.807) is 0 Å². The number of aliphatic hydroxyl groups is 1. The van der Waals surface area contributed by atoms with Crippen LogP contribution in [0.1, 0.15) is 6.42 Å². The molecule has 0 aromatic carbocycles. The first kappa shape index (κ1) is 7.50. The first-order valence-electron chi connectivity index (χ1n) is 3.21. The fourth-order valence-corrected chi connectivity index (χ4v) is 0.514. The van der Waals surface area contributed by atoms with Crippen LogP contribution in [0.2, 0.25) is 0 Å². The second-order valence-electron chi connectivity index (χ2n) is 2.11. The lowest BCUT2D eigenvalue weighted by Crippen LogP contribution is -2.10. The summed E-state index contributed by atoms with van der Waals surface area (Å²) in [6.07, 6.45) is 0.190. The van der Waals surface area contributed by atoms with Crippen LogP contribution in [0.3, 0.4) is 0 Å². The fourth-order valence-electron chi connectivity index (χ4n) is 0.514. The quantitative estimate of drug-likeness (QED) is 0.421. The zero-order valence-corrected chi connectivity index (χ0v) is 5.58. The number of epoxide rings is 1. The van der Waals surface area contributed by atoms with E-state index in [4.69, 9.17) is 9.84 Å². The van der Waals surface area contributed by atoms with Crippen LogP contribution in [-0.2, 0) is 14.3 Å². The van der Waals surface area contributed by atoms with Gasteiger partial charge in [0.05, 0.1) is 19.6 Å². The first-order chi connectivity index (χ1) is 4.83. The lowest BCUT2D eigenvalue weighted by atomic mass is 10.4. The highest BCUT2D eigenvalue weighted by Gasteiger charge is 2.23. The molecule has 1 aliphatic rings. The summed E-state index contributed by atoms with van der Waals surface area (Å²) in [5, 5.41) is 8.29. The minimum Gasteiger partial charge on any atom is -0.463 e. The second kappa shape index (κ2) is 3.53. The number of hydrogen-bond donors (Lipinski definition) is 1. The van der Waals surface area contributed by atoms with E-state index >= 15 is 0 Å². The van der Waals surface area contributed by atoms with Crippen LogP contribution in [0.25, 0.3) is 0 Å². The molecule has 1 aliphatic heterocycles. The zero-order valence-electron chi connectivity index (χ0n) is 5.58. The number of rotatable bonds is 4. The van der Waals surface area contributed by atoms with Crippen LogP contribution in [0.4, 0.5) is 0 Å². The van der Waals surface area contributed by atoms with Gasteiger partial charge in [-0.15, -0.1) is 0 Å². The average Bonchev–Trinajstić information content (AvgIpc) is 2.67. The summed E-state index contributed by atoms with van der Waals surface area (Å²) in [5.74, 6) is -0.363. The summed E-state index contributed by atoms with van der Waals surface area (Å²) in [5.41, 5.74) is 0. The molecular weight excluding hydrogens is 136 g/mol. The SMILES string of the molecule is O=C(CCO)OCC1CO1. The van der Waals surface area contributed by atoms with Crippen molar-refractivity contribution in [2.75, 3.05) is 19.8 Å². The Morgan fingerprint density at radius 1 is 1.80 bits per heavy atom. The molecule has 0 aromatic rings. The molecule has 1 N–H and O–H groups in total. The number of hydrogen-bond acceptors (Lipinski definition) is 4. The number of carbonyl (C=O) groups is 1. The standard InChI is InChI=1S/C6H10O4/c7-2-1-6(8)10-4-5-3-9-5/h5,7H,1-4H2. The Labute approximate surface area is 58.7 Å². The van der Waals surface area contributed by atoms with Crippen molar-refractivity contribution in [1.82, 2.24) is 0 Å². The third kappa shape index (κ3) is 2.80. The molecule has 0 aliphatic carbocycles. The second-order valence-corrected chi connectivity index (χ2v) is 2.11. The molecule has 4 heteroatoms. The predicted molar refractivity (Wildman–Crippen MR) is 32.4 cm³/mol. The van der Waals surface area contributed by atoms with E-state index in [1.165, 1.54) is 0 Å². The lowest BCUT2D eigenvalue weighted by molar-refractivity contribution is -0.144. The van der Waals surface area contributed by atoms with E-state index in [0.29, 0.717) is 13.2 Å². The Hall–Kier alpha value is -0.610. The van der Waals surface area contributed by atoms with Gasteiger partial charge in [0, 0.05) is 0 Å². The highest BCUT2D eigenvalue weighted by Crippen LogP contribution is 2.08. The van der Waals surface area contributed by atoms with Gasteiger partial charge in [0.1, 0.15) is 12.7 Å². The minimum atomic E-state index is -0.363. The van der Waals surface area contributed by atoms with E-state index in [9.17, 15) is 4.79 Å². The van der Waals surface area contributed by atoms with Gasteiger partial charge in [-0.05, 0) is 0 Å². The van der Waals surface area contributed by atoms with Crippen molar-refractivity contribution < 1.29 is 19.4 Å². The van der Waals surface area contributed by atoms with Crippen LogP contribution in [0.15, 0.2) is 0 Å². The van der Waals surface area contributed by atoms with Gasteiger partial charge in [-0.3, -0.25) is 4.79 Å². The van der Waals surface area contributed by atoms with E-state index in [0.717, 1.165) is 0 Å². The van der Waals surface area contributed by atoms with Gasteiger partial charge in [-0.25, -0.2) is 0 Å². The molecule has 0 saturated carbocycles. The topological polar surface area (TPSA) is 59.1 Å². The van der Waals surface area contributed by atoms with Gasteiger partial charge in [0.2, 0.25) is 0 Å². The van der Waals surface area contributed by atoms with Crippen molar-refractivity contribution in [3.05, 3.63) is 0 Å². The molecule has 10 heavy (non-hydrogen) atoms. The zero-order chi connectivity index (χ0) is 7.40. The van der Waals surface area contributed by atoms with Crippen molar-refractivity contribution >= 4 is 5.97 Å². The Morgan fingerprint density at radius 3 is 3.00 bits per heavy atom. The largest absolute Gasteiger partial charge is 0.463 e. The summed E-state index contributed by atoms with van der Waals surface area (Å²) in [6.45, 7) is 0.871. The smallest absolute Gasteiger partial charge is 0.308 e. The van der Waals surface area contributed by atoms with Crippen molar-refractivity contribution in [3.63, 3.8) is 0 Å². The molecule has 0 bridgehead atoms. The van der Waals surface area contributed by atoms with E-state index in [2.05, 4.69) is 4.74 Å². The number of aliphatic hydroxyl groups excluding tert-OH is 1. The van der Waals surface area contributed by atoms with Crippen LogP contribution in [-0.4, -0.2) is 37.0 Å². The lowest BCUT2D eigenvalue weighted by Gasteiger charge is -1.98. The number of ether oxygens (including phenoxy) is 2. The summed E-state index contributed by atoms with van der Waals surface area (Å²) in [7, 11) is 0. The molecule has 58 valence electrons. The molecule has 1 atom stereocenters. The van der Waals surface area contributed by atoms with E-state index < -0.39 is 0 Å². The van der Waals surface area contributed by atoms with Gasteiger partial charge >= 0.3 is 5.97 Å². The summed E-state index contributed by atoms with van der Waals surface area (Å²) < 4.78 is 9.48. The third-order valence-electron chi connectivity index (χ3n) is 1.15. The Balaban J connectivity index is 1.94. The highest BCUT2D eigenvalue weighted by molar-refractivity contribution is 5.69. The predicted octanol–water partition coefficient (Wildman–Crippen LogP) is -0.689. The van der Waals surface area contributed by atoms with Crippen LogP contribution in [0.5, 0.6) is 0 Å². The van der Waals surface area contributed by atoms with Crippen LogP contribution < -0.4 is 0 Å². The third-order valence-corrected chi connectivity index (χ3v) is 1.15. The van der Waals surface area contributed by atoms with Crippen molar-refractivity contribution in [1.29, 1.82) is 0 Å². The average molecular weight is 146 g/mol. The molecular formula is C6H10O4. The summed E-state index contributed by atoms with van der Waals surface area (Å²) in [6, 6.07) is 0. The Kier molecular flexibility index (Phi) is 2.65. The van der Waals surface area contributed by atoms with Crippen LogP contribution in [0, 0.1) is 0 Å². The summed E-state index contributed by atoms with van der Waals surface area (Å²) >= 11 is 0. The van der Waals surface area contributed by atoms with Crippen molar-refractivity contribution in [2.45, 2.75) is 12.5 Å². The van der Waals surface area contributed by atoms with E-state index in [-0.39, 0.29) is 25.1 Å². The molecule has 0 radical (unpaired) electrons. The van der Waals surface area contributed by atoms with Gasteiger partial charge < -0.3 is 14.6 Å². The van der Waals surface area contributed by atoms with Gasteiger partial charge in [-0.1, -0.05) is 0 Å². The molecule has 1 unspecified atom stereocenters. The molecule has 1 saturated heterocycles. The maximum atomic E-state index is 10.5. The normalized spacial score (nSPS) is 22.3. The monoisotopic (exact) mass is 146 g/mol. The van der Waals surface area contributed by atoms with Crippen molar-refractivity contribution in [3.8, 4) is 0 Å². The number of carbonyl (C=O) groups excluding carboxylic acids is 1. The molecule has 4 nitrogen and oxygen atoms in total. The fraction of sp³-hybridized carbons (Fsp3) is 0.833. The summed E-state index contributed by atoms with van der Waals surface area (Å²) in [4.78, 5) is 10.5. The first-order valence-corrected chi connectivity index (χ1v) is 3.21. The van der Waals surface area contributed by atoms with Gasteiger partial charge in [-0.2, -0.15) is 0 Å². The van der Waals surface area contributed by atoms with Crippen LogP contribution >= 0.6 is 0 Å². The molecule has 1 rings (SSSR count). The van der Waals surface area contributed by atoms with Gasteiger partial charge in [0.25, 0.3) is 0 Å². The molecule has 0 amide bonds. The minimum absolute atomic E-state index is 0.0761. The van der Waals surface area contributed by atoms with Gasteiger partial charge in [0.15, 0.2) is 0 Å². The van der Waals surface area contributed by atoms with Crippen molar-refractivity contribution in [2.24, 2.45) is 0 Å². The maximum Gasteiger partial charge on any atom is 0.308 e. The molecule has 0 spiro atoms. The Morgan fingerprint density at radius 2 is 2.50 bits per heavy atom. The Bertz CT molecular complexity index is 119.